The van der Waals surface area contributed by atoms with Crippen molar-refractivity contribution in [3.63, 3.8) is 0 Å². The first-order valence-electron chi connectivity index (χ1n) is 5.92. The Bertz CT molecular complexity index is 401. The number of halogens is 1. The Morgan fingerprint density at radius 2 is 2.50 bits per heavy atom. The highest BCUT2D eigenvalue weighted by Crippen LogP contribution is 2.22. The molecular weight excluding hydrogens is 302 g/mol. The topological polar surface area (TPSA) is 71.7 Å². The lowest BCUT2D eigenvalue weighted by atomic mass is 9.92. The molecule has 0 bridgehead atoms. The first kappa shape index (κ1) is 13.6. The van der Waals surface area contributed by atoms with Gasteiger partial charge in [0.2, 0.25) is 5.76 Å². The molecule has 0 spiro atoms. The Morgan fingerprint density at radius 3 is 3.06 bits per heavy atom. The first-order valence-corrected chi connectivity index (χ1v) is 6.71. The van der Waals surface area contributed by atoms with Gasteiger partial charge in [-0.25, -0.2) is 0 Å². The molecule has 0 aliphatic carbocycles. The highest BCUT2D eigenvalue weighted by atomic mass is 79.9. The van der Waals surface area contributed by atoms with Crippen molar-refractivity contribution in [2.75, 3.05) is 26.4 Å². The summed E-state index contributed by atoms with van der Waals surface area (Å²) in [7, 11) is 0. The molecule has 6 heteroatoms. The molecule has 2 atom stereocenters. The molecule has 2 rings (SSSR count). The van der Waals surface area contributed by atoms with Crippen LogP contribution in [-0.4, -0.2) is 37.4 Å². The largest absolute Gasteiger partial charge is 0.458 e. The minimum Gasteiger partial charge on any atom is -0.458 e. The number of carbonyl (C=O) groups excluding carboxylic acids is 1. The van der Waals surface area contributed by atoms with E-state index in [4.69, 9.17) is 9.15 Å². The quantitative estimate of drug-likeness (QED) is 0.861. The van der Waals surface area contributed by atoms with Crippen LogP contribution in [0.5, 0.6) is 0 Å². The summed E-state index contributed by atoms with van der Waals surface area (Å²) < 4.78 is 11.0. The number of carbonyl (C=O) groups is 1. The van der Waals surface area contributed by atoms with Crippen LogP contribution in [0.1, 0.15) is 17.0 Å². The van der Waals surface area contributed by atoms with E-state index in [0.29, 0.717) is 23.5 Å². The molecule has 1 aromatic rings. The van der Waals surface area contributed by atoms with Crippen molar-refractivity contribution in [3.05, 3.63) is 22.6 Å². The zero-order valence-electron chi connectivity index (χ0n) is 9.89. The average Bonchev–Trinajstić information content (AvgIpc) is 3.01. The Hall–Kier alpha value is -0.850. The second-order valence-electron chi connectivity index (χ2n) is 4.37. The van der Waals surface area contributed by atoms with Gasteiger partial charge in [-0.2, -0.15) is 0 Å². The van der Waals surface area contributed by atoms with Gasteiger partial charge in [0.05, 0.1) is 10.7 Å². The molecule has 1 aliphatic rings. The van der Waals surface area contributed by atoms with Crippen LogP contribution < -0.4 is 5.32 Å². The van der Waals surface area contributed by atoms with Crippen LogP contribution >= 0.6 is 15.9 Å². The summed E-state index contributed by atoms with van der Waals surface area (Å²) in [6.45, 7) is 1.87. The number of furan rings is 1. The zero-order valence-corrected chi connectivity index (χ0v) is 11.5. The highest BCUT2D eigenvalue weighted by Gasteiger charge is 2.26. The van der Waals surface area contributed by atoms with E-state index in [1.54, 1.807) is 6.07 Å². The van der Waals surface area contributed by atoms with E-state index >= 15 is 0 Å². The van der Waals surface area contributed by atoms with Crippen LogP contribution in [-0.2, 0) is 4.74 Å². The molecule has 5 nitrogen and oxygen atoms in total. The van der Waals surface area contributed by atoms with Crippen LogP contribution in [0.3, 0.4) is 0 Å². The van der Waals surface area contributed by atoms with Gasteiger partial charge in [-0.3, -0.25) is 4.79 Å². The Labute approximate surface area is 114 Å². The molecule has 0 radical (unpaired) electrons. The third-order valence-corrected chi connectivity index (χ3v) is 3.84. The molecule has 1 fully saturated rings. The minimum atomic E-state index is -0.274. The van der Waals surface area contributed by atoms with Gasteiger partial charge in [-0.05, 0) is 34.3 Å². The zero-order chi connectivity index (χ0) is 13.0. The molecular formula is C12H16BrNO4. The first-order chi connectivity index (χ1) is 8.72. The Balaban J connectivity index is 1.86. The summed E-state index contributed by atoms with van der Waals surface area (Å²) >= 11 is 3.23. The van der Waals surface area contributed by atoms with E-state index in [9.17, 15) is 9.90 Å². The maximum absolute atomic E-state index is 11.8. The molecule has 1 aliphatic heterocycles. The summed E-state index contributed by atoms with van der Waals surface area (Å²) in [6, 6.07) is 1.67. The second-order valence-corrected chi connectivity index (χ2v) is 5.23. The molecule has 1 amide bonds. The predicted octanol–water partition coefficient (Wildman–Crippen LogP) is 1.42. The maximum Gasteiger partial charge on any atom is 0.288 e. The standard InChI is InChI=1S/C12H16BrNO4/c13-10-2-4-18-11(10)12(16)14-5-9(6-15)8-1-3-17-7-8/h2,4,8-9,15H,1,3,5-7H2,(H,14,16). The lowest BCUT2D eigenvalue weighted by Gasteiger charge is -2.20. The molecule has 2 unspecified atom stereocenters. The van der Waals surface area contributed by atoms with Gasteiger partial charge in [0.25, 0.3) is 5.91 Å². The van der Waals surface area contributed by atoms with Crippen molar-refractivity contribution in [1.82, 2.24) is 5.32 Å². The Morgan fingerprint density at radius 1 is 1.67 bits per heavy atom. The van der Waals surface area contributed by atoms with Crippen molar-refractivity contribution >= 4 is 21.8 Å². The fourth-order valence-corrected chi connectivity index (χ4v) is 2.45. The SMILES string of the molecule is O=C(NCC(CO)C1CCOC1)c1occc1Br. The summed E-state index contributed by atoms with van der Waals surface area (Å²) in [5, 5.41) is 12.1. The number of hydrogen-bond acceptors (Lipinski definition) is 4. The molecule has 0 saturated carbocycles. The van der Waals surface area contributed by atoms with Crippen molar-refractivity contribution in [2.24, 2.45) is 11.8 Å². The van der Waals surface area contributed by atoms with Gasteiger partial charge in [-0.1, -0.05) is 0 Å². The van der Waals surface area contributed by atoms with Gasteiger partial charge >= 0.3 is 0 Å². The van der Waals surface area contributed by atoms with Crippen LogP contribution in [0.25, 0.3) is 0 Å². The highest BCUT2D eigenvalue weighted by molar-refractivity contribution is 9.10. The summed E-state index contributed by atoms with van der Waals surface area (Å²) in [4.78, 5) is 11.8. The van der Waals surface area contributed by atoms with Crippen molar-refractivity contribution < 1.29 is 19.1 Å². The van der Waals surface area contributed by atoms with Gasteiger partial charge < -0.3 is 19.6 Å². The van der Waals surface area contributed by atoms with E-state index in [2.05, 4.69) is 21.2 Å². The normalized spacial score (nSPS) is 20.9. The third kappa shape index (κ3) is 3.13. The second kappa shape index (κ2) is 6.36. The summed E-state index contributed by atoms with van der Waals surface area (Å²) in [6.07, 6.45) is 2.39. The molecule has 2 N–H and O–H groups in total. The van der Waals surface area contributed by atoms with Gasteiger partial charge in [0.1, 0.15) is 0 Å². The molecule has 0 aromatic carbocycles. The number of hydrogen-bond donors (Lipinski definition) is 2. The molecule has 1 aromatic heterocycles. The molecule has 2 heterocycles. The van der Waals surface area contributed by atoms with Crippen molar-refractivity contribution in [2.45, 2.75) is 6.42 Å². The van der Waals surface area contributed by atoms with Gasteiger partial charge in [-0.15, -0.1) is 0 Å². The number of ether oxygens (including phenoxy) is 1. The van der Waals surface area contributed by atoms with Gasteiger partial charge in [0, 0.05) is 32.3 Å². The van der Waals surface area contributed by atoms with Crippen molar-refractivity contribution in [3.8, 4) is 0 Å². The lowest BCUT2D eigenvalue weighted by molar-refractivity contribution is 0.0889. The smallest absolute Gasteiger partial charge is 0.288 e. The maximum atomic E-state index is 11.8. The van der Waals surface area contributed by atoms with E-state index in [1.165, 1.54) is 6.26 Å². The van der Waals surface area contributed by atoms with Gasteiger partial charge in [0.15, 0.2) is 0 Å². The monoisotopic (exact) mass is 317 g/mol. The van der Waals surface area contributed by atoms with Crippen molar-refractivity contribution in [1.29, 1.82) is 0 Å². The number of rotatable bonds is 5. The van der Waals surface area contributed by atoms with E-state index < -0.39 is 0 Å². The van der Waals surface area contributed by atoms with E-state index in [1.807, 2.05) is 0 Å². The number of aliphatic hydroxyl groups excluding tert-OH is 1. The molecule has 100 valence electrons. The van der Waals surface area contributed by atoms with Crippen LogP contribution in [0.2, 0.25) is 0 Å². The van der Waals surface area contributed by atoms with Crippen LogP contribution in [0.15, 0.2) is 21.2 Å². The minimum absolute atomic E-state index is 0.0326. The predicted molar refractivity (Wildman–Crippen MR) is 68.2 cm³/mol. The summed E-state index contributed by atoms with van der Waals surface area (Å²) in [5.41, 5.74) is 0. The number of nitrogens with one attached hydrogen (secondary N) is 1. The van der Waals surface area contributed by atoms with E-state index in [0.717, 1.165) is 13.0 Å². The van der Waals surface area contributed by atoms with Crippen LogP contribution in [0, 0.1) is 11.8 Å². The molecule has 1 saturated heterocycles. The molecule has 18 heavy (non-hydrogen) atoms. The number of amides is 1. The van der Waals surface area contributed by atoms with E-state index in [-0.39, 0.29) is 24.2 Å². The number of aliphatic hydroxyl groups is 1. The summed E-state index contributed by atoms with van der Waals surface area (Å²) in [5.74, 6) is 0.333. The fraction of sp³-hybridized carbons (Fsp3) is 0.583. The van der Waals surface area contributed by atoms with Crippen LogP contribution in [0.4, 0.5) is 0 Å². The fourth-order valence-electron chi connectivity index (χ4n) is 2.06. The lowest BCUT2D eigenvalue weighted by Crippen LogP contribution is -2.34. The Kier molecular flexibility index (Phi) is 4.79. The third-order valence-electron chi connectivity index (χ3n) is 3.21. The average molecular weight is 318 g/mol.